The normalized spacial score (nSPS) is 18.5. The number of aliphatic hydroxyl groups excluding tert-OH is 1. The first-order chi connectivity index (χ1) is 9.69. The molecule has 0 fully saturated rings. The van der Waals surface area contributed by atoms with E-state index in [1.807, 2.05) is 19.1 Å². The van der Waals surface area contributed by atoms with E-state index in [1.54, 1.807) is 7.11 Å². The largest absolute Gasteiger partial charge is 0.496 e. The number of fused-ring (bicyclic) bond motifs is 1. The van der Waals surface area contributed by atoms with Crippen LogP contribution in [0.2, 0.25) is 0 Å². The quantitative estimate of drug-likeness (QED) is 0.739. The molecule has 1 aliphatic heterocycles. The summed E-state index contributed by atoms with van der Waals surface area (Å²) in [6.07, 6.45) is 1.43. The first kappa shape index (κ1) is 15.1. The van der Waals surface area contributed by atoms with Gasteiger partial charge in [0.25, 0.3) is 0 Å². The Morgan fingerprint density at radius 1 is 1.50 bits per heavy atom. The predicted octanol–water partition coefficient (Wildman–Crippen LogP) is 1.42. The number of ether oxygens (including phenoxy) is 3. The van der Waals surface area contributed by atoms with Gasteiger partial charge in [0.15, 0.2) is 0 Å². The SMILES string of the molecule is COc1cc2c(cc1C(CN)OCCCO)OC(C)C2. The fraction of sp³-hybridized carbons (Fsp3) is 0.600. The Morgan fingerprint density at radius 2 is 2.30 bits per heavy atom. The van der Waals surface area contributed by atoms with Gasteiger partial charge in [-0.3, -0.25) is 0 Å². The molecule has 0 saturated carbocycles. The minimum atomic E-state index is -0.249. The third kappa shape index (κ3) is 3.23. The lowest BCUT2D eigenvalue weighted by atomic mass is 10.0. The Balaban J connectivity index is 2.22. The molecule has 0 saturated heterocycles. The van der Waals surface area contributed by atoms with Gasteiger partial charge in [0.2, 0.25) is 0 Å². The van der Waals surface area contributed by atoms with Crippen LogP contribution in [0.5, 0.6) is 11.5 Å². The molecule has 2 atom stereocenters. The molecule has 1 aromatic rings. The second-order valence-electron chi connectivity index (χ2n) is 5.01. The molecule has 0 spiro atoms. The first-order valence-corrected chi connectivity index (χ1v) is 6.99. The van der Waals surface area contributed by atoms with Crippen molar-refractivity contribution in [2.45, 2.75) is 32.0 Å². The maximum Gasteiger partial charge on any atom is 0.125 e. The van der Waals surface area contributed by atoms with Crippen molar-refractivity contribution < 1.29 is 19.3 Å². The first-order valence-electron chi connectivity index (χ1n) is 6.99. The van der Waals surface area contributed by atoms with E-state index in [2.05, 4.69) is 0 Å². The Kier molecular flexibility index (Phi) is 5.23. The third-order valence-corrected chi connectivity index (χ3v) is 3.43. The van der Waals surface area contributed by atoms with E-state index >= 15 is 0 Å². The smallest absolute Gasteiger partial charge is 0.125 e. The summed E-state index contributed by atoms with van der Waals surface area (Å²) in [6.45, 7) is 2.98. The highest BCUT2D eigenvalue weighted by Crippen LogP contribution is 2.38. The van der Waals surface area contributed by atoms with Gasteiger partial charge in [0, 0.05) is 37.3 Å². The number of hydrogen-bond acceptors (Lipinski definition) is 5. The van der Waals surface area contributed by atoms with Crippen molar-refractivity contribution in [1.29, 1.82) is 0 Å². The summed E-state index contributed by atoms with van der Waals surface area (Å²) in [7, 11) is 1.64. The van der Waals surface area contributed by atoms with Crippen LogP contribution in [0.15, 0.2) is 12.1 Å². The maximum atomic E-state index is 8.82. The number of aliphatic hydroxyl groups is 1. The molecule has 1 heterocycles. The van der Waals surface area contributed by atoms with E-state index in [0.29, 0.717) is 19.6 Å². The second-order valence-corrected chi connectivity index (χ2v) is 5.01. The summed E-state index contributed by atoms with van der Waals surface area (Å²) in [5.41, 5.74) is 7.86. The van der Waals surface area contributed by atoms with Crippen molar-refractivity contribution in [3.63, 3.8) is 0 Å². The van der Waals surface area contributed by atoms with Gasteiger partial charge in [-0.05, 0) is 25.5 Å². The molecule has 3 N–H and O–H groups in total. The van der Waals surface area contributed by atoms with E-state index in [9.17, 15) is 0 Å². The van der Waals surface area contributed by atoms with Crippen molar-refractivity contribution in [3.8, 4) is 11.5 Å². The summed E-state index contributed by atoms with van der Waals surface area (Å²) in [5, 5.41) is 8.82. The van der Waals surface area contributed by atoms with Gasteiger partial charge in [0.05, 0.1) is 13.2 Å². The summed E-state index contributed by atoms with van der Waals surface area (Å²) in [5.74, 6) is 1.67. The lowest BCUT2D eigenvalue weighted by molar-refractivity contribution is 0.0472. The molecule has 0 aromatic heterocycles. The number of benzene rings is 1. The molecule has 5 heteroatoms. The van der Waals surface area contributed by atoms with Crippen molar-refractivity contribution in [2.75, 3.05) is 26.9 Å². The zero-order valence-electron chi connectivity index (χ0n) is 12.1. The average molecular weight is 281 g/mol. The second kappa shape index (κ2) is 6.92. The third-order valence-electron chi connectivity index (χ3n) is 3.43. The van der Waals surface area contributed by atoms with Gasteiger partial charge in [-0.25, -0.2) is 0 Å². The topological polar surface area (TPSA) is 73.9 Å². The van der Waals surface area contributed by atoms with Crippen LogP contribution in [0.4, 0.5) is 0 Å². The molecule has 0 radical (unpaired) electrons. The lowest BCUT2D eigenvalue weighted by Gasteiger charge is -2.20. The highest BCUT2D eigenvalue weighted by Gasteiger charge is 2.24. The maximum absolute atomic E-state index is 8.82. The molecule has 2 rings (SSSR count). The van der Waals surface area contributed by atoms with Gasteiger partial charge < -0.3 is 25.1 Å². The Morgan fingerprint density at radius 3 is 2.95 bits per heavy atom. The van der Waals surface area contributed by atoms with Gasteiger partial charge in [-0.15, -0.1) is 0 Å². The van der Waals surface area contributed by atoms with E-state index in [4.69, 9.17) is 25.1 Å². The monoisotopic (exact) mass is 281 g/mol. The fourth-order valence-corrected chi connectivity index (χ4v) is 2.46. The Labute approximate surface area is 119 Å². The molecule has 1 aliphatic rings. The van der Waals surface area contributed by atoms with Crippen molar-refractivity contribution >= 4 is 0 Å². The van der Waals surface area contributed by atoms with Crippen LogP contribution >= 0.6 is 0 Å². The van der Waals surface area contributed by atoms with Crippen LogP contribution in [-0.2, 0) is 11.2 Å². The highest BCUT2D eigenvalue weighted by atomic mass is 16.5. The number of hydrogen-bond donors (Lipinski definition) is 2. The minimum Gasteiger partial charge on any atom is -0.496 e. The Hall–Kier alpha value is -1.30. The highest BCUT2D eigenvalue weighted by molar-refractivity contribution is 5.49. The molecule has 20 heavy (non-hydrogen) atoms. The molecule has 0 aliphatic carbocycles. The molecule has 0 amide bonds. The van der Waals surface area contributed by atoms with Gasteiger partial charge >= 0.3 is 0 Å². The Bertz CT molecular complexity index is 450. The van der Waals surface area contributed by atoms with Crippen LogP contribution in [0.25, 0.3) is 0 Å². The summed E-state index contributed by atoms with van der Waals surface area (Å²) < 4.78 is 17.0. The number of rotatable bonds is 7. The van der Waals surface area contributed by atoms with Gasteiger partial charge in [-0.2, -0.15) is 0 Å². The van der Waals surface area contributed by atoms with E-state index < -0.39 is 0 Å². The van der Waals surface area contributed by atoms with Crippen molar-refractivity contribution in [2.24, 2.45) is 5.73 Å². The van der Waals surface area contributed by atoms with Crippen molar-refractivity contribution in [3.05, 3.63) is 23.3 Å². The van der Waals surface area contributed by atoms with Crippen LogP contribution in [0, 0.1) is 0 Å². The molecular weight excluding hydrogens is 258 g/mol. The lowest BCUT2D eigenvalue weighted by Crippen LogP contribution is -2.17. The molecule has 112 valence electrons. The predicted molar refractivity (Wildman–Crippen MR) is 76.2 cm³/mol. The average Bonchev–Trinajstić information content (AvgIpc) is 2.81. The van der Waals surface area contributed by atoms with Gasteiger partial charge in [0.1, 0.15) is 17.6 Å². The molecule has 5 nitrogen and oxygen atoms in total. The zero-order valence-corrected chi connectivity index (χ0v) is 12.1. The summed E-state index contributed by atoms with van der Waals surface area (Å²) in [6, 6.07) is 3.97. The van der Waals surface area contributed by atoms with E-state index in [-0.39, 0.29) is 18.8 Å². The standard InChI is InChI=1S/C15H23NO4/c1-10-6-11-7-14(18-2)12(8-13(11)20-10)15(9-16)19-5-3-4-17/h7-8,10,15,17H,3-6,9,16H2,1-2H3. The minimum absolute atomic E-state index is 0.110. The van der Waals surface area contributed by atoms with Crippen LogP contribution < -0.4 is 15.2 Å². The number of methoxy groups -OCH3 is 1. The van der Waals surface area contributed by atoms with Crippen LogP contribution in [0.1, 0.15) is 30.6 Å². The summed E-state index contributed by atoms with van der Waals surface area (Å²) in [4.78, 5) is 0. The van der Waals surface area contributed by atoms with Crippen molar-refractivity contribution in [1.82, 2.24) is 0 Å². The van der Waals surface area contributed by atoms with E-state index in [1.165, 1.54) is 0 Å². The number of nitrogens with two attached hydrogens (primary N) is 1. The van der Waals surface area contributed by atoms with E-state index in [0.717, 1.165) is 29.0 Å². The molecule has 0 bridgehead atoms. The fourth-order valence-electron chi connectivity index (χ4n) is 2.46. The zero-order chi connectivity index (χ0) is 14.5. The van der Waals surface area contributed by atoms with Gasteiger partial charge in [-0.1, -0.05) is 0 Å². The van der Waals surface area contributed by atoms with Crippen LogP contribution in [-0.4, -0.2) is 38.1 Å². The molecule has 1 aromatic carbocycles. The molecule has 2 unspecified atom stereocenters. The summed E-state index contributed by atoms with van der Waals surface area (Å²) >= 11 is 0. The van der Waals surface area contributed by atoms with Crippen LogP contribution in [0.3, 0.4) is 0 Å². The molecular formula is C15H23NO4.